The van der Waals surface area contributed by atoms with Gasteiger partial charge in [-0.25, -0.2) is 4.98 Å². The lowest BCUT2D eigenvalue weighted by molar-refractivity contribution is -0.118. The Balaban J connectivity index is 2.18. The highest BCUT2D eigenvalue weighted by molar-refractivity contribution is 5.90. The van der Waals surface area contributed by atoms with Crippen molar-refractivity contribution in [3.8, 4) is 0 Å². The van der Waals surface area contributed by atoms with Crippen LogP contribution >= 0.6 is 0 Å². The summed E-state index contributed by atoms with van der Waals surface area (Å²) < 4.78 is 0. The SMILES string of the molecule is CNc1nc(NCCNC(C)=O)c2ccccc2n1. The molecule has 0 spiro atoms. The van der Waals surface area contributed by atoms with Crippen molar-refractivity contribution in [3.63, 3.8) is 0 Å². The summed E-state index contributed by atoms with van der Waals surface area (Å²) in [4.78, 5) is 19.6. The Bertz CT molecular complexity index is 584. The van der Waals surface area contributed by atoms with Gasteiger partial charge in [0.1, 0.15) is 5.82 Å². The molecule has 0 aliphatic rings. The lowest BCUT2D eigenvalue weighted by atomic mass is 10.2. The molecule has 100 valence electrons. The number of amides is 1. The molecule has 0 aliphatic carbocycles. The van der Waals surface area contributed by atoms with Crippen LogP contribution in [0.1, 0.15) is 6.92 Å². The lowest BCUT2D eigenvalue weighted by Gasteiger charge is -2.10. The van der Waals surface area contributed by atoms with Crippen LogP contribution in [0.2, 0.25) is 0 Å². The topological polar surface area (TPSA) is 78.9 Å². The third-order valence-corrected chi connectivity index (χ3v) is 2.62. The van der Waals surface area contributed by atoms with Crippen LogP contribution in [0.15, 0.2) is 24.3 Å². The van der Waals surface area contributed by atoms with Crippen molar-refractivity contribution in [1.29, 1.82) is 0 Å². The fourth-order valence-electron chi connectivity index (χ4n) is 1.74. The molecule has 3 N–H and O–H groups in total. The number of aromatic nitrogens is 2. The molecule has 0 radical (unpaired) electrons. The Labute approximate surface area is 111 Å². The van der Waals surface area contributed by atoms with Gasteiger partial charge in [0.2, 0.25) is 11.9 Å². The first kappa shape index (κ1) is 13.1. The average Bonchev–Trinajstić information content (AvgIpc) is 2.42. The van der Waals surface area contributed by atoms with Crippen LogP contribution in [0, 0.1) is 0 Å². The van der Waals surface area contributed by atoms with E-state index in [2.05, 4.69) is 25.9 Å². The van der Waals surface area contributed by atoms with E-state index in [1.54, 1.807) is 7.05 Å². The highest BCUT2D eigenvalue weighted by atomic mass is 16.1. The van der Waals surface area contributed by atoms with Crippen LogP contribution in [-0.2, 0) is 4.79 Å². The van der Waals surface area contributed by atoms with Gasteiger partial charge in [0.15, 0.2) is 0 Å². The number of hydrogen-bond donors (Lipinski definition) is 3. The Kier molecular flexibility index (Phi) is 4.12. The number of fused-ring (bicyclic) bond motifs is 1. The molecule has 1 aromatic heterocycles. The first-order valence-corrected chi connectivity index (χ1v) is 6.13. The molecular weight excluding hydrogens is 242 g/mol. The van der Waals surface area contributed by atoms with Gasteiger partial charge in [-0.2, -0.15) is 4.98 Å². The molecular formula is C13H17N5O. The predicted molar refractivity (Wildman–Crippen MR) is 76.3 cm³/mol. The average molecular weight is 259 g/mol. The number of carbonyl (C=O) groups is 1. The van der Waals surface area contributed by atoms with Crippen LogP contribution in [-0.4, -0.2) is 36.0 Å². The number of benzene rings is 1. The van der Waals surface area contributed by atoms with Crippen molar-refractivity contribution in [2.24, 2.45) is 0 Å². The van der Waals surface area contributed by atoms with Gasteiger partial charge < -0.3 is 16.0 Å². The molecule has 19 heavy (non-hydrogen) atoms. The summed E-state index contributed by atoms with van der Waals surface area (Å²) in [6.45, 7) is 2.67. The van der Waals surface area contributed by atoms with Gasteiger partial charge >= 0.3 is 0 Å². The minimum absolute atomic E-state index is 0.0368. The van der Waals surface area contributed by atoms with Crippen LogP contribution < -0.4 is 16.0 Å². The molecule has 6 heteroatoms. The molecule has 0 saturated carbocycles. The van der Waals surface area contributed by atoms with Crippen molar-refractivity contribution in [1.82, 2.24) is 15.3 Å². The van der Waals surface area contributed by atoms with Gasteiger partial charge in [-0.15, -0.1) is 0 Å². The Morgan fingerprint density at radius 3 is 2.74 bits per heavy atom. The molecule has 2 rings (SSSR count). The zero-order valence-electron chi connectivity index (χ0n) is 11.0. The molecule has 1 amide bonds. The van der Waals surface area contributed by atoms with E-state index in [-0.39, 0.29) is 5.91 Å². The Hall–Kier alpha value is -2.37. The van der Waals surface area contributed by atoms with Crippen LogP contribution in [0.3, 0.4) is 0 Å². The molecule has 0 bridgehead atoms. The van der Waals surface area contributed by atoms with Gasteiger partial charge in [0.25, 0.3) is 0 Å². The number of rotatable bonds is 5. The highest BCUT2D eigenvalue weighted by Crippen LogP contribution is 2.21. The monoisotopic (exact) mass is 259 g/mol. The minimum Gasteiger partial charge on any atom is -0.368 e. The zero-order chi connectivity index (χ0) is 13.7. The number of anilines is 2. The molecule has 0 saturated heterocycles. The maximum Gasteiger partial charge on any atom is 0.224 e. The van der Waals surface area contributed by atoms with Crippen LogP contribution in [0.5, 0.6) is 0 Å². The molecule has 0 fully saturated rings. The Morgan fingerprint density at radius 1 is 1.21 bits per heavy atom. The summed E-state index contributed by atoms with van der Waals surface area (Å²) in [6, 6.07) is 7.80. The maximum absolute atomic E-state index is 10.8. The molecule has 2 aromatic rings. The van der Waals surface area contributed by atoms with Gasteiger partial charge in [0, 0.05) is 32.4 Å². The molecule has 0 atom stereocenters. The van der Waals surface area contributed by atoms with E-state index in [4.69, 9.17) is 0 Å². The molecule has 1 heterocycles. The summed E-state index contributed by atoms with van der Waals surface area (Å²) in [6.07, 6.45) is 0. The largest absolute Gasteiger partial charge is 0.368 e. The van der Waals surface area contributed by atoms with Gasteiger partial charge in [-0.3, -0.25) is 4.79 Å². The van der Waals surface area contributed by atoms with Crippen molar-refractivity contribution in [3.05, 3.63) is 24.3 Å². The van der Waals surface area contributed by atoms with E-state index in [0.717, 1.165) is 16.7 Å². The standard InChI is InChI=1S/C13H17N5O/c1-9(19)15-7-8-16-12-10-5-3-4-6-11(10)17-13(14-2)18-12/h3-6H,7-8H2,1-2H3,(H,15,19)(H2,14,16,17,18). The summed E-state index contributed by atoms with van der Waals surface area (Å²) in [5.74, 6) is 1.30. The third kappa shape index (κ3) is 3.31. The second kappa shape index (κ2) is 5.99. The zero-order valence-corrected chi connectivity index (χ0v) is 11.0. The van der Waals surface area contributed by atoms with E-state index in [9.17, 15) is 4.79 Å². The van der Waals surface area contributed by atoms with E-state index >= 15 is 0 Å². The quantitative estimate of drug-likeness (QED) is 0.704. The third-order valence-electron chi connectivity index (χ3n) is 2.62. The number of para-hydroxylation sites is 1. The van der Waals surface area contributed by atoms with Crippen molar-refractivity contribution < 1.29 is 4.79 Å². The van der Waals surface area contributed by atoms with Gasteiger partial charge in [0.05, 0.1) is 5.52 Å². The number of nitrogens with one attached hydrogen (secondary N) is 3. The number of hydrogen-bond acceptors (Lipinski definition) is 5. The van der Waals surface area contributed by atoms with Crippen LogP contribution in [0.4, 0.5) is 11.8 Å². The number of nitrogens with zero attached hydrogens (tertiary/aromatic N) is 2. The number of carbonyl (C=O) groups excluding carboxylic acids is 1. The van der Waals surface area contributed by atoms with Crippen LogP contribution in [0.25, 0.3) is 10.9 Å². The first-order chi connectivity index (χ1) is 9.20. The normalized spacial score (nSPS) is 10.2. The fourth-order valence-corrected chi connectivity index (χ4v) is 1.74. The molecule has 0 aliphatic heterocycles. The molecule has 0 unspecified atom stereocenters. The highest BCUT2D eigenvalue weighted by Gasteiger charge is 2.05. The smallest absolute Gasteiger partial charge is 0.224 e. The summed E-state index contributed by atoms with van der Waals surface area (Å²) in [5, 5.41) is 9.84. The van der Waals surface area contributed by atoms with Crippen molar-refractivity contribution in [2.45, 2.75) is 6.92 Å². The summed E-state index contributed by atoms with van der Waals surface area (Å²) in [7, 11) is 1.78. The molecule has 1 aromatic carbocycles. The Morgan fingerprint density at radius 2 is 2.00 bits per heavy atom. The van der Waals surface area contributed by atoms with E-state index in [1.807, 2.05) is 24.3 Å². The fraction of sp³-hybridized carbons (Fsp3) is 0.308. The summed E-state index contributed by atoms with van der Waals surface area (Å²) in [5.41, 5.74) is 0.879. The van der Waals surface area contributed by atoms with E-state index in [1.165, 1.54) is 6.92 Å². The minimum atomic E-state index is -0.0368. The van der Waals surface area contributed by atoms with E-state index in [0.29, 0.717) is 19.0 Å². The first-order valence-electron chi connectivity index (χ1n) is 6.13. The second-order valence-electron chi connectivity index (χ2n) is 4.07. The predicted octanol–water partition coefficient (Wildman–Crippen LogP) is 1.22. The second-order valence-corrected chi connectivity index (χ2v) is 4.07. The van der Waals surface area contributed by atoms with E-state index < -0.39 is 0 Å². The van der Waals surface area contributed by atoms with Gasteiger partial charge in [-0.1, -0.05) is 12.1 Å². The van der Waals surface area contributed by atoms with Crippen molar-refractivity contribution in [2.75, 3.05) is 30.8 Å². The molecule has 6 nitrogen and oxygen atoms in total. The maximum atomic E-state index is 10.8. The van der Waals surface area contributed by atoms with Gasteiger partial charge in [-0.05, 0) is 12.1 Å². The summed E-state index contributed by atoms with van der Waals surface area (Å²) >= 11 is 0. The lowest BCUT2D eigenvalue weighted by Crippen LogP contribution is -2.26. The van der Waals surface area contributed by atoms with Crippen molar-refractivity contribution >= 4 is 28.6 Å².